The molecule has 0 bridgehead atoms. The Hall–Kier alpha value is -4.79. The van der Waals surface area contributed by atoms with E-state index in [9.17, 15) is 4.79 Å². The maximum absolute atomic E-state index is 13.2. The van der Waals surface area contributed by atoms with Crippen molar-refractivity contribution in [2.75, 3.05) is 28.4 Å². The summed E-state index contributed by atoms with van der Waals surface area (Å²) in [5, 5.41) is 8.81. The van der Waals surface area contributed by atoms with Gasteiger partial charge in [0.05, 0.1) is 46.0 Å². The van der Waals surface area contributed by atoms with Crippen molar-refractivity contribution in [1.29, 1.82) is 0 Å². The number of carbonyl (C=O) groups excluding carboxylic acids is 1. The molecule has 0 fully saturated rings. The van der Waals surface area contributed by atoms with Crippen LogP contribution in [0.1, 0.15) is 16.1 Å². The van der Waals surface area contributed by atoms with Crippen molar-refractivity contribution >= 4 is 12.1 Å². The zero-order valence-corrected chi connectivity index (χ0v) is 20.4. The van der Waals surface area contributed by atoms with E-state index in [0.29, 0.717) is 34.2 Å². The molecule has 9 heteroatoms. The number of para-hydroxylation sites is 1. The first kappa shape index (κ1) is 24.3. The largest absolute Gasteiger partial charge is 0.497 e. The van der Waals surface area contributed by atoms with Gasteiger partial charge < -0.3 is 18.9 Å². The number of hydrogen-bond donors (Lipinski definition) is 1. The molecule has 9 nitrogen and oxygen atoms in total. The zero-order chi connectivity index (χ0) is 25.5. The van der Waals surface area contributed by atoms with Crippen molar-refractivity contribution in [2.24, 2.45) is 5.10 Å². The summed E-state index contributed by atoms with van der Waals surface area (Å²) in [7, 11) is 6.23. The highest BCUT2D eigenvalue weighted by molar-refractivity contribution is 5.95. The van der Waals surface area contributed by atoms with Gasteiger partial charge in [-0.1, -0.05) is 18.2 Å². The standard InChI is InChI=1S/C27H26N4O5/c1-33-21-12-10-18(11-13-21)22-15-23(31(30-22)20-8-6-5-7-9-20)27(32)29-28-17-19-14-25(35-3)26(36-4)16-24(19)34-2/h5-17H,1-4H3,(H,29,32)/b28-17+. The molecular weight excluding hydrogens is 460 g/mol. The van der Waals surface area contributed by atoms with Crippen LogP contribution in [0.3, 0.4) is 0 Å². The smallest absolute Gasteiger partial charge is 0.290 e. The molecular formula is C27H26N4O5. The summed E-state index contributed by atoms with van der Waals surface area (Å²) in [6.45, 7) is 0. The molecule has 1 aromatic heterocycles. The molecule has 0 saturated carbocycles. The van der Waals surface area contributed by atoms with Gasteiger partial charge in [0.15, 0.2) is 11.5 Å². The predicted molar refractivity (Wildman–Crippen MR) is 137 cm³/mol. The molecule has 3 aromatic carbocycles. The van der Waals surface area contributed by atoms with Crippen LogP contribution in [0.5, 0.6) is 23.0 Å². The fraction of sp³-hybridized carbons (Fsp3) is 0.148. The first-order valence-electron chi connectivity index (χ1n) is 11.0. The van der Waals surface area contributed by atoms with Gasteiger partial charge >= 0.3 is 0 Å². The van der Waals surface area contributed by atoms with Crippen LogP contribution in [0.2, 0.25) is 0 Å². The minimum absolute atomic E-state index is 0.323. The number of ether oxygens (including phenoxy) is 4. The second-order valence-corrected chi connectivity index (χ2v) is 7.54. The minimum Gasteiger partial charge on any atom is -0.497 e. The van der Waals surface area contributed by atoms with Crippen LogP contribution in [-0.4, -0.2) is 50.3 Å². The highest BCUT2D eigenvalue weighted by atomic mass is 16.5. The Labute approximate surface area is 208 Å². The van der Waals surface area contributed by atoms with Crippen molar-refractivity contribution in [3.8, 4) is 39.9 Å². The van der Waals surface area contributed by atoms with Crippen LogP contribution in [0, 0.1) is 0 Å². The van der Waals surface area contributed by atoms with E-state index in [1.807, 2.05) is 54.6 Å². The Bertz CT molecular complexity index is 1370. The fourth-order valence-electron chi connectivity index (χ4n) is 3.58. The monoisotopic (exact) mass is 486 g/mol. The Morgan fingerprint density at radius 3 is 2.14 bits per heavy atom. The Morgan fingerprint density at radius 2 is 1.50 bits per heavy atom. The highest BCUT2D eigenvalue weighted by Crippen LogP contribution is 2.33. The first-order chi connectivity index (χ1) is 17.6. The molecule has 1 amide bonds. The SMILES string of the molecule is COc1ccc(-c2cc(C(=O)N/N=C/c3cc(OC)c(OC)cc3OC)n(-c3ccccc3)n2)cc1. The molecule has 36 heavy (non-hydrogen) atoms. The van der Waals surface area contributed by atoms with E-state index in [1.54, 1.807) is 37.1 Å². The second-order valence-electron chi connectivity index (χ2n) is 7.54. The van der Waals surface area contributed by atoms with Gasteiger partial charge in [0.2, 0.25) is 0 Å². The quantitative estimate of drug-likeness (QED) is 0.279. The third-order valence-corrected chi connectivity index (χ3v) is 5.43. The predicted octanol–water partition coefficient (Wildman–Crippen LogP) is 4.34. The number of methoxy groups -OCH3 is 4. The molecule has 0 radical (unpaired) electrons. The lowest BCUT2D eigenvalue weighted by Gasteiger charge is -2.11. The third-order valence-electron chi connectivity index (χ3n) is 5.43. The Balaban J connectivity index is 1.64. The summed E-state index contributed by atoms with van der Waals surface area (Å²) in [6.07, 6.45) is 1.48. The maximum Gasteiger partial charge on any atom is 0.290 e. The molecule has 1 heterocycles. The van der Waals surface area contributed by atoms with Crippen LogP contribution < -0.4 is 24.4 Å². The molecule has 0 aliphatic carbocycles. The van der Waals surface area contributed by atoms with Gasteiger partial charge in [0, 0.05) is 17.2 Å². The number of benzene rings is 3. The summed E-state index contributed by atoms with van der Waals surface area (Å²) in [6, 6.07) is 22.0. The number of nitrogens with zero attached hydrogens (tertiary/aromatic N) is 3. The van der Waals surface area contributed by atoms with Gasteiger partial charge in [-0.15, -0.1) is 0 Å². The van der Waals surface area contributed by atoms with E-state index in [0.717, 1.165) is 17.0 Å². The molecule has 1 N–H and O–H groups in total. The van der Waals surface area contributed by atoms with E-state index in [4.69, 9.17) is 18.9 Å². The zero-order valence-electron chi connectivity index (χ0n) is 20.4. The number of rotatable bonds is 9. The van der Waals surface area contributed by atoms with Gasteiger partial charge in [-0.25, -0.2) is 10.1 Å². The van der Waals surface area contributed by atoms with Gasteiger partial charge in [-0.05, 0) is 48.5 Å². The second kappa shape index (κ2) is 11.1. The van der Waals surface area contributed by atoms with Crippen molar-refractivity contribution < 1.29 is 23.7 Å². The number of amides is 1. The summed E-state index contributed by atoms with van der Waals surface area (Å²) in [5.41, 5.74) is 5.73. The average Bonchev–Trinajstić information content (AvgIpc) is 3.39. The third kappa shape index (κ3) is 5.15. The average molecular weight is 487 g/mol. The van der Waals surface area contributed by atoms with Crippen LogP contribution >= 0.6 is 0 Å². The normalized spacial score (nSPS) is 10.8. The topological polar surface area (TPSA) is 96.2 Å². The molecule has 0 saturated heterocycles. The number of carbonyl (C=O) groups is 1. The molecule has 0 aliphatic rings. The molecule has 0 spiro atoms. The van der Waals surface area contributed by atoms with Crippen LogP contribution in [-0.2, 0) is 0 Å². The summed E-state index contributed by atoms with van der Waals surface area (Å²) in [5.74, 6) is 1.86. The van der Waals surface area contributed by atoms with Gasteiger partial charge in [0.1, 0.15) is 17.2 Å². The van der Waals surface area contributed by atoms with E-state index in [1.165, 1.54) is 20.4 Å². The van der Waals surface area contributed by atoms with Gasteiger partial charge in [-0.3, -0.25) is 4.79 Å². The minimum atomic E-state index is -0.429. The molecule has 4 aromatic rings. The van der Waals surface area contributed by atoms with Gasteiger partial charge in [0.25, 0.3) is 5.91 Å². The van der Waals surface area contributed by atoms with Crippen LogP contribution in [0.4, 0.5) is 0 Å². The molecule has 0 unspecified atom stereocenters. The van der Waals surface area contributed by atoms with E-state index < -0.39 is 5.91 Å². The molecule has 0 aliphatic heterocycles. The lowest BCUT2D eigenvalue weighted by atomic mass is 10.1. The van der Waals surface area contributed by atoms with E-state index in [-0.39, 0.29) is 0 Å². The highest BCUT2D eigenvalue weighted by Gasteiger charge is 2.18. The van der Waals surface area contributed by atoms with Crippen LogP contribution in [0.15, 0.2) is 77.9 Å². The number of aromatic nitrogens is 2. The molecule has 0 atom stereocenters. The number of hydrogen-bond acceptors (Lipinski definition) is 7. The van der Waals surface area contributed by atoms with Crippen molar-refractivity contribution in [2.45, 2.75) is 0 Å². The van der Waals surface area contributed by atoms with E-state index in [2.05, 4.69) is 15.6 Å². The molecule has 184 valence electrons. The fourth-order valence-corrected chi connectivity index (χ4v) is 3.58. The summed E-state index contributed by atoms with van der Waals surface area (Å²) < 4.78 is 22.9. The lowest BCUT2D eigenvalue weighted by Crippen LogP contribution is -2.21. The van der Waals surface area contributed by atoms with Crippen molar-refractivity contribution in [3.63, 3.8) is 0 Å². The van der Waals surface area contributed by atoms with Crippen LogP contribution in [0.25, 0.3) is 16.9 Å². The number of hydrazone groups is 1. The number of nitrogens with one attached hydrogen (secondary N) is 1. The Kier molecular flexibility index (Phi) is 7.50. The Morgan fingerprint density at radius 1 is 0.833 bits per heavy atom. The summed E-state index contributed by atoms with van der Waals surface area (Å²) >= 11 is 0. The van der Waals surface area contributed by atoms with Crippen molar-refractivity contribution in [1.82, 2.24) is 15.2 Å². The molecule has 4 rings (SSSR count). The summed E-state index contributed by atoms with van der Waals surface area (Å²) in [4.78, 5) is 13.2. The first-order valence-corrected chi connectivity index (χ1v) is 11.0. The van der Waals surface area contributed by atoms with E-state index >= 15 is 0 Å². The lowest BCUT2D eigenvalue weighted by molar-refractivity contribution is 0.0947. The maximum atomic E-state index is 13.2. The van der Waals surface area contributed by atoms with Gasteiger partial charge in [-0.2, -0.15) is 10.2 Å². The van der Waals surface area contributed by atoms with Crippen molar-refractivity contribution in [3.05, 3.63) is 84.1 Å².